The largest absolute Gasteiger partial charge is 0.160 e. The molecule has 0 atom stereocenters. The third-order valence-corrected chi connectivity index (χ3v) is 2.11. The molecule has 0 aliphatic heterocycles. The summed E-state index contributed by atoms with van der Waals surface area (Å²) in [5.41, 5.74) is 1.28. The zero-order valence-electron chi connectivity index (χ0n) is 5.72. The second kappa shape index (κ2) is 2.57. The second-order valence-electron chi connectivity index (χ2n) is 2.39. The van der Waals surface area contributed by atoms with Gasteiger partial charge >= 0.3 is 0 Å². The fourth-order valence-corrected chi connectivity index (χ4v) is 1.61. The van der Waals surface area contributed by atoms with Crippen molar-refractivity contribution in [2.45, 2.75) is 19.8 Å². The summed E-state index contributed by atoms with van der Waals surface area (Å²) in [6.07, 6.45) is 0. The van der Waals surface area contributed by atoms with E-state index >= 15 is 0 Å². The van der Waals surface area contributed by atoms with Crippen LogP contribution in [0.15, 0.2) is 11.4 Å². The van der Waals surface area contributed by atoms with Crippen LogP contribution in [0.3, 0.4) is 0 Å². The Morgan fingerprint density at radius 2 is 2.22 bits per heavy atom. The molecule has 1 rings (SSSR count). The zero-order chi connectivity index (χ0) is 6.85. The van der Waals surface area contributed by atoms with Crippen LogP contribution in [0.2, 0.25) is 0 Å². The maximum absolute atomic E-state index is 5.66. The van der Waals surface area contributed by atoms with E-state index in [9.17, 15) is 0 Å². The molecule has 2 heteroatoms. The molecule has 0 aliphatic carbocycles. The highest BCUT2D eigenvalue weighted by Crippen LogP contribution is 2.13. The van der Waals surface area contributed by atoms with E-state index in [4.69, 9.17) is 7.85 Å². The van der Waals surface area contributed by atoms with Crippen LogP contribution in [-0.2, 0) is 0 Å². The number of thiophene rings is 1. The summed E-state index contributed by atoms with van der Waals surface area (Å²) in [5.74, 6) is 0.566. The molecule has 0 fully saturated rings. The molecule has 0 bridgehead atoms. The van der Waals surface area contributed by atoms with Gasteiger partial charge in [-0.05, 0) is 27.7 Å². The molecule has 2 radical (unpaired) electrons. The van der Waals surface area contributed by atoms with E-state index < -0.39 is 0 Å². The van der Waals surface area contributed by atoms with Gasteiger partial charge < -0.3 is 0 Å². The molecular weight excluding hydrogens is 127 g/mol. The third kappa shape index (κ3) is 1.36. The minimum atomic E-state index is 0.566. The molecule has 0 aliphatic rings. The van der Waals surface area contributed by atoms with Crippen LogP contribution in [0, 0.1) is 0 Å². The molecule has 0 unspecified atom stereocenters. The van der Waals surface area contributed by atoms with Gasteiger partial charge in [0.25, 0.3) is 0 Å². The van der Waals surface area contributed by atoms with Crippen LogP contribution < -0.4 is 4.78 Å². The van der Waals surface area contributed by atoms with Gasteiger partial charge in [-0.15, -0.1) is 0 Å². The first kappa shape index (κ1) is 6.88. The topological polar surface area (TPSA) is 0 Å². The van der Waals surface area contributed by atoms with Gasteiger partial charge in [0.05, 0.1) is 0 Å². The minimum Gasteiger partial charge on any atom is -0.160 e. The summed E-state index contributed by atoms with van der Waals surface area (Å²) in [6.45, 7) is 4.30. The van der Waals surface area contributed by atoms with Crippen molar-refractivity contribution in [2.24, 2.45) is 0 Å². The first-order valence-corrected chi connectivity index (χ1v) is 3.92. The highest BCUT2D eigenvalue weighted by atomic mass is 32.1. The number of rotatable bonds is 1. The molecule has 0 saturated carbocycles. The standard InChI is InChI=1S/C7H9BS/c1-5(2)6-3-4-9-7(6)8/h3-5H,1-2H3. The first-order chi connectivity index (χ1) is 4.22. The monoisotopic (exact) mass is 136 g/mol. The Bertz CT molecular complexity index is 191. The minimum absolute atomic E-state index is 0.566. The fraction of sp³-hybridized carbons (Fsp3) is 0.429. The Hall–Kier alpha value is -0.235. The molecule has 0 nitrogen and oxygen atoms in total. The van der Waals surface area contributed by atoms with Crippen molar-refractivity contribution in [3.63, 3.8) is 0 Å². The molecule has 0 N–H and O–H groups in total. The Balaban J connectivity index is 2.94. The van der Waals surface area contributed by atoms with E-state index in [1.807, 2.05) is 5.38 Å². The summed E-state index contributed by atoms with van der Waals surface area (Å²) in [5, 5.41) is 2.03. The highest BCUT2D eigenvalue weighted by molar-refractivity contribution is 7.18. The van der Waals surface area contributed by atoms with Gasteiger partial charge in [-0.2, -0.15) is 11.3 Å². The molecule has 1 aromatic rings. The number of hydrogen-bond donors (Lipinski definition) is 0. The summed E-state index contributed by atoms with van der Waals surface area (Å²) in [6, 6.07) is 2.09. The van der Waals surface area contributed by atoms with E-state index in [1.165, 1.54) is 5.56 Å². The van der Waals surface area contributed by atoms with Crippen molar-refractivity contribution in [1.82, 2.24) is 0 Å². The normalized spacial score (nSPS) is 10.6. The predicted octanol–water partition coefficient (Wildman–Crippen LogP) is 1.67. The Morgan fingerprint density at radius 3 is 2.44 bits per heavy atom. The Morgan fingerprint density at radius 1 is 1.56 bits per heavy atom. The smallest absolute Gasteiger partial charge is 0.129 e. The first-order valence-electron chi connectivity index (χ1n) is 3.04. The molecule has 46 valence electrons. The van der Waals surface area contributed by atoms with Crippen LogP contribution in [0.4, 0.5) is 0 Å². The maximum Gasteiger partial charge on any atom is 0.129 e. The molecule has 9 heavy (non-hydrogen) atoms. The van der Waals surface area contributed by atoms with Gasteiger partial charge in [-0.3, -0.25) is 0 Å². The van der Waals surface area contributed by atoms with Gasteiger partial charge in [0.2, 0.25) is 0 Å². The summed E-state index contributed by atoms with van der Waals surface area (Å²) in [7, 11) is 5.66. The molecule has 0 saturated heterocycles. The fourth-order valence-electron chi connectivity index (χ4n) is 0.808. The maximum atomic E-state index is 5.66. The lowest BCUT2D eigenvalue weighted by Crippen LogP contribution is -2.03. The third-order valence-electron chi connectivity index (χ3n) is 1.35. The van der Waals surface area contributed by atoms with Gasteiger partial charge in [-0.1, -0.05) is 13.8 Å². The SMILES string of the molecule is [B]c1sccc1C(C)C. The van der Waals surface area contributed by atoms with Crippen LogP contribution in [0.1, 0.15) is 25.3 Å². The number of hydrogen-bond acceptors (Lipinski definition) is 1. The molecule has 0 spiro atoms. The van der Waals surface area contributed by atoms with Gasteiger partial charge in [0.1, 0.15) is 7.85 Å². The van der Waals surface area contributed by atoms with Gasteiger partial charge in [0.15, 0.2) is 0 Å². The summed E-state index contributed by atoms with van der Waals surface area (Å²) in [4.78, 5) is 0. The lowest BCUT2D eigenvalue weighted by Gasteiger charge is -2.01. The van der Waals surface area contributed by atoms with Crippen LogP contribution in [0.5, 0.6) is 0 Å². The van der Waals surface area contributed by atoms with Crippen LogP contribution >= 0.6 is 11.3 Å². The van der Waals surface area contributed by atoms with Crippen molar-refractivity contribution < 1.29 is 0 Å². The summed E-state index contributed by atoms with van der Waals surface area (Å²) < 4.78 is 0.963. The molecular formula is C7H9BS. The van der Waals surface area contributed by atoms with E-state index in [2.05, 4.69) is 19.9 Å². The van der Waals surface area contributed by atoms with E-state index in [-0.39, 0.29) is 0 Å². The van der Waals surface area contributed by atoms with E-state index in [0.717, 1.165) is 4.78 Å². The predicted molar refractivity (Wildman–Crippen MR) is 43.8 cm³/mol. The van der Waals surface area contributed by atoms with Gasteiger partial charge in [0, 0.05) is 0 Å². The Kier molecular flexibility index (Phi) is 1.96. The molecule has 0 amide bonds. The second-order valence-corrected chi connectivity index (χ2v) is 3.34. The quantitative estimate of drug-likeness (QED) is 0.515. The van der Waals surface area contributed by atoms with E-state index in [0.29, 0.717) is 5.92 Å². The van der Waals surface area contributed by atoms with Crippen molar-refractivity contribution in [3.8, 4) is 0 Å². The van der Waals surface area contributed by atoms with Crippen LogP contribution in [-0.4, -0.2) is 7.85 Å². The average molecular weight is 136 g/mol. The molecule has 1 aromatic heterocycles. The lowest BCUT2D eigenvalue weighted by atomic mass is 9.95. The van der Waals surface area contributed by atoms with Crippen molar-refractivity contribution in [2.75, 3.05) is 0 Å². The molecule has 0 aromatic carbocycles. The van der Waals surface area contributed by atoms with E-state index in [1.54, 1.807) is 11.3 Å². The van der Waals surface area contributed by atoms with Crippen LogP contribution in [0.25, 0.3) is 0 Å². The summed E-state index contributed by atoms with van der Waals surface area (Å²) >= 11 is 1.61. The Labute approximate surface area is 61.3 Å². The highest BCUT2D eigenvalue weighted by Gasteiger charge is 2.01. The van der Waals surface area contributed by atoms with Gasteiger partial charge in [-0.25, -0.2) is 0 Å². The van der Waals surface area contributed by atoms with Crippen molar-refractivity contribution in [1.29, 1.82) is 0 Å². The molecule has 1 heterocycles. The lowest BCUT2D eigenvalue weighted by molar-refractivity contribution is 0.877. The van der Waals surface area contributed by atoms with Crippen molar-refractivity contribution in [3.05, 3.63) is 17.0 Å². The zero-order valence-corrected chi connectivity index (χ0v) is 6.53. The average Bonchev–Trinajstić information content (AvgIpc) is 2.13. The van der Waals surface area contributed by atoms with Crippen molar-refractivity contribution >= 4 is 24.0 Å².